The molecule has 2 nitrogen and oxygen atoms in total. The molecule has 1 saturated carbocycles. The summed E-state index contributed by atoms with van der Waals surface area (Å²) in [5, 5.41) is 9.79. The van der Waals surface area contributed by atoms with Crippen molar-refractivity contribution in [3.8, 4) is 11.3 Å². The summed E-state index contributed by atoms with van der Waals surface area (Å²) in [6, 6.07) is 20.9. The molecule has 2 aromatic carbocycles. The van der Waals surface area contributed by atoms with Gasteiger partial charge in [0.25, 0.3) is 0 Å². The number of pyridine rings is 1. The van der Waals surface area contributed by atoms with Gasteiger partial charge in [-0.25, -0.2) is 0 Å². The van der Waals surface area contributed by atoms with Crippen molar-refractivity contribution in [1.29, 1.82) is 0 Å². The summed E-state index contributed by atoms with van der Waals surface area (Å²) in [5.74, 6) is 0.611. The lowest BCUT2D eigenvalue weighted by molar-refractivity contribution is 0.299. The fourth-order valence-electron chi connectivity index (χ4n) is 3.29. The van der Waals surface area contributed by atoms with Crippen LogP contribution in [0.3, 0.4) is 0 Å². The molecule has 4 rings (SSSR count). The van der Waals surface area contributed by atoms with Gasteiger partial charge in [-0.05, 0) is 66.6 Å². The highest BCUT2D eigenvalue weighted by Crippen LogP contribution is 2.40. The van der Waals surface area contributed by atoms with Crippen LogP contribution in [0.4, 0.5) is 0 Å². The first-order chi connectivity index (χ1) is 12.7. The average molecular weight is 400 g/mol. The van der Waals surface area contributed by atoms with E-state index in [0.717, 1.165) is 22.7 Å². The molecule has 3 aromatic rings. The average Bonchev–Trinajstić information content (AvgIpc) is 3.49. The molecule has 0 amide bonds. The van der Waals surface area contributed by atoms with Crippen LogP contribution >= 0.6 is 24.0 Å². The molecular formula is C23H23Cl2NO. The summed E-state index contributed by atoms with van der Waals surface area (Å²) in [6.07, 6.45) is 4.07. The molecule has 1 aromatic heterocycles. The normalized spacial score (nSPS) is 13.3. The minimum absolute atomic E-state index is 0. The topological polar surface area (TPSA) is 33.1 Å². The van der Waals surface area contributed by atoms with Gasteiger partial charge in [0.1, 0.15) is 0 Å². The quantitative estimate of drug-likeness (QED) is 0.565. The first-order valence-electron chi connectivity index (χ1n) is 9.17. The van der Waals surface area contributed by atoms with Crippen molar-refractivity contribution in [2.45, 2.75) is 31.6 Å². The third kappa shape index (κ3) is 5.10. The SMILES string of the molecule is Cl.OCCc1ccc(Cc2cc(-c3cccc(Cl)c3)nc(C3CC3)c2)cc1. The van der Waals surface area contributed by atoms with Crippen molar-refractivity contribution in [3.63, 3.8) is 0 Å². The summed E-state index contributed by atoms with van der Waals surface area (Å²) in [7, 11) is 0. The molecule has 0 spiro atoms. The molecule has 1 fully saturated rings. The largest absolute Gasteiger partial charge is 0.396 e. The molecule has 0 aliphatic heterocycles. The zero-order valence-corrected chi connectivity index (χ0v) is 16.6. The monoisotopic (exact) mass is 399 g/mol. The highest BCUT2D eigenvalue weighted by Gasteiger charge is 2.25. The number of halogens is 2. The van der Waals surface area contributed by atoms with Gasteiger partial charge in [0.2, 0.25) is 0 Å². The molecule has 0 unspecified atom stereocenters. The van der Waals surface area contributed by atoms with E-state index in [1.54, 1.807) is 0 Å². The van der Waals surface area contributed by atoms with Crippen LogP contribution in [0.25, 0.3) is 11.3 Å². The summed E-state index contributed by atoms with van der Waals surface area (Å²) >= 11 is 6.17. The van der Waals surface area contributed by atoms with Crippen molar-refractivity contribution in [3.05, 3.63) is 88.1 Å². The summed E-state index contributed by atoms with van der Waals surface area (Å²) < 4.78 is 0. The molecule has 140 valence electrons. The zero-order chi connectivity index (χ0) is 17.9. The number of aromatic nitrogens is 1. The summed E-state index contributed by atoms with van der Waals surface area (Å²) in [6.45, 7) is 0.192. The molecule has 0 saturated heterocycles. The van der Waals surface area contributed by atoms with Crippen molar-refractivity contribution < 1.29 is 5.11 Å². The summed E-state index contributed by atoms with van der Waals surface area (Å²) in [5.41, 5.74) is 7.01. The minimum Gasteiger partial charge on any atom is -0.396 e. The van der Waals surface area contributed by atoms with Crippen LogP contribution in [0.1, 0.15) is 41.1 Å². The zero-order valence-electron chi connectivity index (χ0n) is 15.1. The van der Waals surface area contributed by atoms with Gasteiger partial charge >= 0.3 is 0 Å². The highest BCUT2D eigenvalue weighted by atomic mass is 35.5. The van der Waals surface area contributed by atoms with Gasteiger partial charge in [0.05, 0.1) is 5.69 Å². The Morgan fingerprint density at radius 3 is 2.33 bits per heavy atom. The van der Waals surface area contributed by atoms with Gasteiger partial charge in [-0.15, -0.1) is 12.4 Å². The van der Waals surface area contributed by atoms with E-state index >= 15 is 0 Å². The third-order valence-electron chi connectivity index (χ3n) is 4.85. The number of hydrogen-bond donors (Lipinski definition) is 1. The molecule has 27 heavy (non-hydrogen) atoms. The van der Waals surface area contributed by atoms with Crippen LogP contribution in [0.15, 0.2) is 60.7 Å². The fraction of sp³-hybridized carbons (Fsp3) is 0.261. The first kappa shape index (κ1) is 19.9. The van der Waals surface area contributed by atoms with Gasteiger partial charge in [-0.2, -0.15) is 0 Å². The Labute approximate surface area is 171 Å². The van der Waals surface area contributed by atoms with Crippen LogP contribution in [-0.2, 0) is 12.8 Å². The lowest BCUT2D eigenvalue weighted by Gasteiger charge is -2.10. The number of rotatable bonds is 6. The fourth-order valence-corrected chi connectivity index (χ4v) is 3.48. The standard InChI is InChI=1S/C23H22ClNO.ClH/c24-21-3-1-2-20(15-21)23-14-18(13-22(25-23)19-8-9-19)12-17-6-4-16(5-7-17)10-11-26;/h1-7,13-15,19,26H,8-12H2;1H. The number of aliphatic hydroxyl groups is 1. The van der Waals surface area contributed by atoms with Crippen LogP contribution in [0.5, 0.6) is 0 Å². The molecule has 1 aliphatic carbocycles. The molecule has 1 aliphatic rings. The number of aliphatic hydroxyl groups excluding tert-OH is 1. The molecule has 0 bridgehead atoms. The van der Waals surface area contributed by atoms with E-state index in [0.29, 0.717) is 12.3 Å². The predicted octanol–water partition coefficient (Wildman–Crippen LogP) is 5.83. The van der Waals surface area contributed by atoms with E-state index in [1.165, 1.54) is 35.2 Å². The van der Waals surface area contributed by atoms with Gasteiger partial charge in [0.15, 0.2) is 0 Å². The van der Waals surface area contributed by atoms with Crippen LogP contribution in [-0.4, -0.2) is 16.7 Å². The molecular weight excluding hydrogens is 377 g/mol. The van der Waals surface area contributed by atoms with Crippen molar-refractivity contribution in [2.24, 2.45) is 0 Å². The van der Waals surface area contributed by atoms with E-state index in [-0.39, 0.29) is 19.0 Å². The van der Waals surface area contributed by atoms with Gasteiger partial charge in [0, 0.05) is 28.8 Å². The van der Waals surface area contributed by atoms with E-state index in [1.807, 2.05) is 18.2 Å². The van der Waals surface area contributed by atoms with E-state index in [2.05, 4.69) is 42.5 Å². The molecule has 1 N–H and O–H groups in total. The van der Waals surface area contributed by atoms with Crippen molar-refractivity contribution in [2.75, 3.05) is 6.61 Å². The maximum atomic E-state index is 9.05. The maximum absolute atomic E-state index is 9.05. The van der Waals surface area contributed by atoms with Crippen LogP contribution in [0.2, 0.25) is 5.02 Å². The molecule has 0 radical (unpaired) electrons. The maximum Gasteiger partial charge on any atom is 0.0708 e. The van der Waals surface area contributed by atoms with Gasteiger partial charge in [-0.3, -0.25) is 4.98 Å². The number of benzene rings is 2. The van der Waals surface area contributed by atoms with Crippen LogP contribution < -0.4 is 0 Å². The molecule has 4 heteroatoms. The Hall–Kier alpha value is -1.87. The smallest absolute Gasteiger partial charge is 0.0708 e. The molecule has 1 heterocycles. The van der Waals surface area contributed by atoms with E-state index in [4.69, 9.17) is 21.7 Å². The highest BCUT2D eigenvalue weighted by molar-refractivity contribution is 6.30. The van der Waals surface area contributed by atoms with Crippen molar-refractivity contribution >= 4 is 24.0 Å². The van der Waals surface area contributed by atoms with E-state index in [9.17, 15) is 0 Å². The lowest BCUT2D eigenvalue weighted by Crippen LogP contribution is -1.97. The number of hydrogen-bond acceptors (Lipinski definition) is 2. The Balaban J connectivity index is 0.00000210. The second kappa shape index (κ2) is 8.88. The second-order valence-corrected chi connectivity index (χ2v) is 7.47. The second-order valence-electron chi connectivity index (χ2n) is 7.04. The third-order valence-corrected chi connectivity index (χ3v) is 5.09. The number of nitrogens with zero attached hydrogens (tertiary/aromatic N) is 1. The Bertz CT molecular complexity index is 905. The van der Waals surface area contributed by atoms with Gasteiger partial charge in [-0.1, -0.05) is 48.0 Å². The van der Waals surface area contributed by atoms with E-state index < -0.39 is 0 Å². The lowest BCUT2D eigenvalue weighted by atomic mass is 10.00. The Morgan fingerprint density at radius 1 is 0.926 bits per heavy atom. The van der Waals surface area contributed by atoms with Crippen LogP contribution in [0, 0.1) is 0 Å². The molecule has 0 atom stereocenters. The summed E-state index contributed by atoms with van der Waals surface area (Å²) in [4.78, 5) is 4.90. The predicted molar refractivity (Wildman–Crippen MR) is 114 cm³/mol. The van der Waals surface area contributed by atoms with Crippen molar-refractivity contribution in [1.82, 2.24) is 4.98 Å². The van der Waals surface area contributed by atoms with Gasteiger partial charge < -0.3 is 5.11 Å². The first-order valence-corrected chi connectivity index (χ1v) is 9.54. The minimum atomic E-state index is 0. The Kier molecular flexibility index (Phi) is 6.54. The Morgan fingerprint density at radius 2 is 1.67 bits per heavy atom.